The van der Waals surface area contributed by atoms with Gasteiger partial charge in [-0.3, -0.25) is 9.52 Å². The van der Waals surface area contributed by atoms with Crippen LogP contribution in [0.2, 0.25) is 5.02 Å². The maximum atomic E-state index is 13.6. The first-order chi connectivity index (χ1) is 16.6. The van der Waals surface area contributed by atoms with Crippen molar-refractivity contribution in [3.8, 4) is 0 Å². The second kappa shape index (κ2) is 10.6. The lowest BCUT2D eigenvalue weighted by Crippen LogP contribution is -2.39. The molecule has 6 nitrogen and oxygen atoms in total. The van der Waals surface area contributed by atoms with E-state index in [1.54, 1.807) is 6.92 Å². The van der Waals surface area contributed by atoms with Crippen molar-refractivity contribution in [3.05, 3.63) is 52.3 Å². The van der Waals surface area contributed by atoms with Gasteiger partial charge in [0.2, 0.25) is 0 Å². The fourth-order valence-corrected chi connectivity index (χ4v) is 6.51. The SMILES string of the molecule is CC1CCC(CC(C)(O)CO)C1NSc1c(Cl)c(C(=O)Nc2ccc(F)c(F)c2)n2c1C=CCC2. The Bertz CT molecular complexity index is 1140. The summed E-state index contributed by atoms with van der Waals surface area (Å²) in [6, 6.07) is 3.28. The number of hydrogen-bond acceptors (Lipinski definition) is 5. The smallest absolute Gasteiger partial charge is 0.273 e. The third-order valence-electron chi connectivity index (χ3n) is 6.84. The molecule has 1 aromatic carbocycles. The van der Waals surface area contributed by atoms with E-state index in [1.807, 2.05) is 16.7 Å². The molecule has 4 N–H and O–H groups in total. The average molecular weight is 526 g/mol. The molecule has 1 fully saturated rings. The molecular weight excluding hydrogens is 496 g/mol. The molecule has 190 valence electrons. The van der Waals surface area contributed by atoms with Crippen LogP contribution in [0.3, 0.4) is 0 Å². The second-order valence-corrected chi connectivity index (χ2v) is 10.9. The highest BCUT2D eigenvalue weighted by Crippen LogP contribution is 2.42. The first-order valence-electron chi connectivity index (χ1n) is 11.7. The Hall–Kier alpha value is -1.91. The van der Waals surface area contributed by atoms with Crippen LogP contribution in [0.4, 0.5) is 14.5 Å². The molecule has 1 amide bonds. The summed E-state index contributed by atoms with van der Waals surface area (Å²) >= 11 is 8.10. The van der Waals surface area contributed by atoms with Gasteiger partial charge in [0.1, 0.15) is 5.69 Å². The fraction of sp³-hybridized carbons (Fsp3) is 0.480. The van der Waals surface area contributed by atoms with Crippen molar-refractivity contribution < 1.29 is 23.8 Å². The zero-order chi connectivity index (χ0) is 25.3. The summed E-state index contributed by atoms with van der Waals surface area (Å²) in [5, 5.41) is 22.8. The number of amides is 1. The van der Waals surface area contributed by atoms with Crippen molar-refractivity contribution in [2.24, 2.45) is 11.8 Å². The zero-order valence-corrected chi connectivity index (χ0v) is 21.2. The zero-order valence-electron chi connectivity index (χ0n) is 19.7. The topological polar surface area (TPSA) is 86.5 Å². The van der Waals surface area contributed by atoms with Crippen molar-refractivity contribution in [2.75, 3.05) is 11.9 Å². The van der Waals surface area contributed by atoms with Crippen LogP contribution in [-0.2, 0) is 6.54 Å². The highest BCUT2D eigenvalue weighted by molar-refractivity contribution is 7.97. The van der Waals surface area contributed by atoms with Gasteiger partial charge < -0.3 is 20.1 Å². The predicted molar refractivity (Wildman–Crippen MR) is 134 cm³/mol. The molecule has 4 unspecified atom stereocenters. The van der Waals surface area contributed by atoms with Crippen molar-refractivity contribution in [3.63, 3.8) is 0 Å². The molecule has 1 aromatic heterocycles. The number of benzene rings is 1. The maximum Gasteiger partial charge on any atom is 0.273 e. The standard InChI is InChI=1S/C25H30ClF2N3O3S/c1-14-6-7-15(12-25(2,34)13-32)21(14)30-35-23-19-5-3-4-10-31(19)22(20(23)26)24(33)29-16-8-9-17(27)18(28)11-16/h3,5,8-9,11,14-15,21,30,32,34H,4,6-7,10,12-13H2,1-2H3,(H,29,33). The molecule has 0 radical (unpaired) electrons. The minimum Gasteiger partial charge on any atom is -0.393 e. The van der Waals surface area contributed by atoms with Gasteiger partial charge in [-0.1, -0.05) is 24.6 Å². The minimum atomic E-state index is -1.14. The largest absolute Gasteiger partial charge is 0.393 e. The van der Waals surface area contributed by atoms with Gasteiger partial charge in [-0.2, -0.15) is 0 Å². The van der Waals surface area contributed by atoms with E-state index in [2.05, 4.69) is 17.0 Å². The number of carbonyl (C=O) groups excluding carboxylic acids is 1. The molecule has 0 bridgehead atoms. The number of fused-ring (bicyclic) bond motifs is 1. The molecule has 2 aromatic rings. The number of aliphatic hydroxyl groups excluding tert-OH is 1. The first-order valence-corrected chi connectivity index (χ1v) is 12.9. The number of aliphatic hydroxyl groups is 2. The van der Waals surface area contributed by atoms with Crippen LogP contribution in [0, 0.1) is 23.5 Å². The van der Waals surface area contributed by atoms with Gasteiger partial charge in [-0.25, -0.2) is 8.78 Å². The quantitative estimate of drug-likeness (QED) is 0.354. The second-order valence-electron chi connectivity index (χ2n) is 9.72. The number of anilines is 1. The number of hydrogen-bond donors (Lipinski definition) is 4. The molecule has 2 aliphatic rings. The van der Waals surface area contributed by atoms with Crippen LogP contribution in [0.25, 0.3) is 6.08 Å². The van der Waals surface area contributed by atoms with Gasteiger partial charge in [0, 0.05) is 24.3 Å². The molecule has 4 rings (SSSR count). The van der Waals surface area contributed by atoms with E-state index >= 15 is 0 Å². The molecule has 10 heteroatoms. The molecule has 2 heterocycles. The van der Waals surface area contributed by atoms with E-state index in [-0.39, 0.29) is 35.0 Å². The van der Waals surface area contributed by atoms with Crippen molar-refractivity contribution in [2.45, 2.75) is 62.6 Å². The number of carbonyl (C=O) groups is 1. The molecular formula is C25H30ClF2N3O3S. The Morgan fingerprint density at radius 2 is 2.09 bits per heavy atom. The fourth-order valence-electron chi connectivity index (χ4n) is 4.96. The van der Waals surface area contributed by atoms with E-state index in [4.69, 9.17) is 11.6 Å². The normalized spacial score (nSPS) is 23.2. The number of allylic oxidation sites excluding steroid dienone is 1. The van der Waals surface area contributed by atoms with Crippen LogP contribution in [0.15, 0.2) is 29.2 Å². The van der Waals surface area contributed by atoms with Gasteiger partial charge >= 0.3 is 0 Å². The molecule has 0 saturated heterocycles. The van der Waals surface area contributed by atoms with Gasteiger partial charge in [0.25, 0.3) is 5.91 Å². The van der Waals surface area contributed by atoms with E-state index in [1.165, 1.54) is 18.0 Å². The van der Waals surface area contributed by atoms with Crippen molar-refractivity contribution >= 4 is 41.2 Å². The summed E-state index contributed by atoms with van der Waals surface area (Å²) in [7, 11) is 0. The molecule has 1 aliphatic heterocycles. The lowest BCUT2D eigenvalue weighted by Gasteiger charge is -2.29. The highest BCUT2D eigenvalue weighted by atomic mass is 35.5. The van der Waals surface area contributed by atoms with Crippen LogP contribution in [-0.4, -0.2) is 38.9 Å². The monoisotopic (exact) mass is 525 g/mol. The van der Waals surface area contributed by atoms with E-state index < -0.39 is 23.1 Å². The molecule has 35 heavy (non-hydrogen) atoms. The molecule has 1 aliphatic carbocycles. The Balaban J connectivity index is 1.56. The van der Waals surface area contributed by atoms with Crippen LogP contribution < -0.4 is 10.0 Å². The number of nitrogens with one attached hydrogen (secondary N) is 2. The number of halogens is 3. The van der Waals surface area contributed by atoms with Gasteiger partial charge in [-0.15, -0.1) is 0 Å². The Morgan fingerprint density at radius 1 is 1.31 bits per heavy atom. The maximum absolute atomic E-state index is 13.6. The number of aromatic nitrogens is 1. The van der Waals surface area contributed by atoms with Crippen LogP contribution in [0.1, 0.15) is 55.7 Å². The molecule has 0 spiro atoms. The number of rotatable bonds is 8. The van der Waals surface area contributed by atoms with Gasteiger partial charge in [0.15, 0.2) is 11.6 Å². The summed E-state index contributed by atoms with van der Waals surface area (Å²) in [5.74, 6) is -1.99. The molecule has 1 saturated carbocycles. The average Bonchev–Trinajstić information content (AvgIpc) is 3.30. The van der Waals surface area contributed by atoms with Gasteiger partial charge in [0.05, 0.1) is 27.8 Å². The van der Waals surface area contributed by atoms with Crippen molar-refractivity contribution in [1.29, 1.82) is 0 Å². The molecule has 4 atom stereocenters. The third-order valence-corrected chi connectivity index (χ3v) is 8.33. The Morgan fingerprint density at radius 3 is 2.80 bits per heavy atom. The first kappa shape index (κ1) is 26.2. The van der Waals surface area contributed by atoms with Crippen LogP contribution in [0.5, 0.6) is 0 Å². The number of nitrogens with zero attached hydrogens (tertiary/aromatic N) is 1. The van der Waals surface area contributed by atoms with Gasteiger partial charge in [-0.05, 0) is 74.6 Å². The summed E-state index contributed by atoms with van der Waals surface area (Å²) in [6.45, 7) is 4.07. The van der Waals surface area contributed by atoms with Crippen molar-refractivity contribution in [1.82, 2.24) is 9.29 Å². The lowest BCUT2D eigenvalue weighted by molar-refractivity contribution is -0.0193. The minimum absolute atomic E-state index is 0.0941. The summed E-state index contributed by atoms with van der Waals surface area (Å²) in [6.07, 6.45) is 7.12. The Labute approximate surface area is 212 Å². The van der Waals surface area contributed by atoms with E-state index in [9.17, 15) is 23.8 Å². The highest BCUT2D eigenvalue weighted by Gasteiger charge is 2.38. The Kier molecular flexibility index (Phi) is 7.92. The summed E-state index contributed by atoms with van der Waals surface area (Å²) in [5.41, 5.74) is 0.0657. The summed E-state index contributed by atoms with van der Waals surface area (Å²) < 4.78 is 32.3. The lowest BCUT2D eigenvalue weighted by atomic mass is 9.88. The predicted octanol–water partition coefficient (Wildman–Crippen LogP) is 5.23. The van der Waals surface area contributed by atoms with E-state index in [0.29, 0.717) is 23.8 Å². The summed E-state index contributed by atoms with van der Waals surface area (Å²) in [4.78, 5) is 13.8. The third kappa shape index (κ3) is 5.59. The van der Waals surface area contributed by atoms with Crippen LogP contribution >= 0.6 is 23.5 Å². The van der Waals surface area contributed by atoms with E-state index in [0.717, 1.165) is 37.1 Å².